The van der Waals surface area contributed by atoms with Crippen LogP contribution in [0.3, 0.4) is 0 Å². The van der Waals surface area contributed by atoms with Crippen LogP contribution < -0.4 is 10.1 Å². The second kappa shape index (κ2) is 11.0. The lowest BCUT2D eigenvalue weighted by Gasteiger charge is -2.25. The van der Waals surface area contributed by atoms with E-state index in [1.165, 1.54) is 18.2 Å². The minimum absolute atomic E-state index is 0.112. The van der Waals surface area contributed by atoms with Gasteiger partial charge in [-0.3, -0.25) is 0 Å². The maximum Gasteiger partial charge on any atom is 0.185 e. The summed E-state index contributed by atoms with van der Waals surface area (Å²) in [4.78, 5) is -0.112. The van der Waals surface area contributed by atoms with Crippen molar-refractivity contribution < 1.29 is 26.7 Å². The fourth-order valence-corrected chi connectivity index (χ4v) is 6.20. The molecule has 0 spiro atoms. The minimum atomic E-state index is -3.97. The maximum atomic E-state index is 15.4. The van der Waals surface area contributed by atoms with Crippen molar-refractivity contribution in [2.24, 2.45) is 5.92 Å². The van der Waals surface area contributed by atoms with Gasteiger partial charge in [0.1, 0.15) is 17.4 Å². The van der Waals surface area contributed by atoms with Gasteiger partial charge in [0, 0.05) is 31.4 Å². The zero-order chi connectivity index (χ0) is 25.0. The molecular weight excluding hydrogens is 472 g/mol. The number of nitrogens with one attached hydrogen (secondary N) is 1. The lowest BCUT2D eigenvalue weighted by Crippen LogP contribution is -2.26. The predicted octanol–water partition coefficient (Wildman–Crippen LogP) is 4.85. The Kier molecular flexibility index (Phi) is 8.04. The van der Waals surface area contributed by atoms with Gasteiger partial charge in [0.25, 0.3) is 0 Å². The Labute approximate surface area is 205 Å². The molecule has 35 heavy (non-hydrogen) atoms. The van der Waals surface area contributed by atoms with Crippen molar-refractivity contribution >= 4 is 15.4 Å². The molecule has 1 fully saturated rings. The van der Waals surface area contributed by atoms with E-state index >= 15 is 4.39 Å². The fourth-order valence-electron chi connectivity index (χ4n) is 4.47. The summed E-state index contributed by atoms with van der Waals surface area (Å²) in [5.41, 5.74) is 1.78. The van der Waals surface area contributed by atoms with Gasteiger partial charge in [-0.15, -0.1) is 0 Å². The summed E-state index contributed by atoms with van der Waals surface area (Å²) in [6, 6.07) is 8.44. The highest BCUT2D eigenvalue weighted by molar-refractivity contribution is 7.92. The summed E-state index contributed by atoms with van der Waals surface area (Å²) < 4.78 is 67.8. The molecule has 1 unspecified atom stereocenters. The van der Waals surface area contributed by atoms with E-state index in [9.17, 15) is 12.8 Å². The van der Waals surface area contributed by atoms with E-state index in [-0.39, 0.29) is 16.9 Å². The molecule has 2 aromatic rings. The van der Waals surface area contributed by atoms with Crippen LogP contribution in [0.5, 0.6) is 5.75 Å². The van der Waals surface area contributed by atoms with Crippen molar-refractivity contribution in [3.8, 4) is 5.75 Å². The lowest BCUT2D eigenvalue weighted by molar-refractivity contribution is 0.0497. The fraction of sp³-hybridized carbons (Fsp3) is 0.407. The molecule has 1 N–H and O–H groups in total. The van der Waals surface area contributed by atoms with Crippen molar-refractivity contribution in [3.63, 3.8) is 0 Å². The average molecular weight is 504 g/mol. The van der Waals surface area contributed by atoms with Crippen LogP contribution in [0.15, 0.2) is 59.0 Å². The van der Waals surface area contributed by atoms with Crippen molar-refractivity contribution in [1.29, 1.82) is 0 Å². The number of rotatable bonds is 8. The molecule has 0 radical (unpaired) electrons. The molecule has 1 aliphatic heterocycles. The predicted molar refractivity (Wildman–Crippen MR) is 132 cm³/mol. The summed E-state index contributed by atoms with van der Waals surface area (Å²) >= 11 is 0. The molecule has 1 saturated heterocycles. The molecule has 1 atom stereocenters. The lowest BCUT2D eigenvalue weighted by atomic mass is 9.92. The van der Waals surface area contributed by atoms with Crippen molar-refractivity contribution in [1.82, 2.24) is 5.32 Å². The quantitative estimate of drug-likeness (QED) is 0.558. The third-order valence-corrected chi connectivity index (χ3v) is 8.69. The number of hydrogen-bond donors (Lipinski definition) is 1. The molecule has 0 amide bonds. The molecule has 2 aromatic carbocycles. The second-order valence-corrected chi connectivity index (χ2v) is 11.2. The van der Waals surface area contributed by atoms with Gasteiger partial charge in [0.05, 0.1) is 16.8 Å². The molecule has 5 nitrogen and oxygen atoms in total. The summed E-state index contributed by atoms with van der Waals surface area (Å²) in [6.07, 6.45) is 5.53. The number of halogens is 2. The summed E-state index contributed by atoms with van der Waals surface area (Å²) in [6.45, 7) is 3.99. The van der Waals surface area contributed by atoms with E-state index in [4.69, 9.17) is 9.47 Å². The van der Waals surface area contributed by atoms with Gasteiger partial charge in [-0.25, -0.2) is 17.2 Å². The first-order valence-corrected chi connectivity index (χ1v) is 13.4. The number of hydrogen-bond acceptors (Lipinski definition) is 5. The molecule has 0 bridgehead atoms. The van der Waals surface area contributed by atoms with Gasteiger partial charge in [-0.05, 0) is 80.1 Å². The number of aryl methyl sites for hydroxylation is 1. The van der Waals surface area contributed by atoms with Crippen LogP contribution in [-0.2, 0) is 14.6 Å². The average Bonchev–Trinajstić information content (AvgIpc) is 2.85. The van der Waals surface area contributed by atoms with Gasteiger partial charge in [-0.1, -0.05) is 18.2 Å². The highest BCUT2D eigenvalue weighted by Crippen LogP contribution is 2.37. The number of allylic oxidation sites excluding steroid dienone is 1. The Morgan fingerprint density at radius 3 is 2.54 bits per heavy atom. The van der Waals surface area contributed by atoms with Crippen LogP contribution >= 0.6 is 0 Å². The van der Waals surface area contributed by atoms with Crippen molar-refractivity contribution in [2.75, 3.05) is 33.4 Å². The monoisotopic (exact) mass is 503 g/mol. The highest BCUT2D eigenvalue weighted by Gasteiger charge is 2.34. The minimum Gasteiger partial charge on any atom is -0.493 e. The standard InChI is InChI=1S/C27H31F2NO4S/c1-18-3-6-22(15-25(18)28)35(31,32)27-8-4-20(16-30-2)13-24(27)23-7-5-21(14-26(23)29)34-17-19-9-11-33-12-10-19/h3-7,13-15,19,27,30H,8-12,16-17H2,1-2H3. The summed E-state index contributed by atoms with van der Waals surface area (Å²) in [7, 11) is -2.18. The van der Waals surface area contributed by atoms with Crippen LogP contribution in [0.4, 0.5) is 8.78 Å². The van der Waals surface area contributed by atoms with Gasteiger partial charge in [0.15, 0.2) is 9.84 Å². The molecule has 188 valence electrons. The van der Waals surface area contributed by atoms with Crippen molar-refractivity contribution in [2.45, 2.75) is 36.3 Å². The van der Waals surface area contributed by atoms with E-state index in [2.05, 4.69) is 5.32 Å². The topological polar surface area (TPSA) is 64.6 Å². The first-order valence-electron chi connectivity index (χ1n) is 11.9. The first-order chi connectivity index (χ1) is 16.8. The van der Waals surface area contributed by atoms with E-state index in [0.717, 1.165) is 24.5 Å². The highest BCUT2D eigenvalue weighted by atomic mass is 32.2. The Balaban J connectivity index is 1.64. The molecule has 1 heterocycles. The van der Waals surface area contributed by atoms with Crippen LogP contribution in [0.1, 0.15) is 30.4 Å². The SMILES string of the molecule is CNCC1=CCC(S(=O)(=O)c2ccc(C)c(F)c2)C(c2ccc(OCC3CCOCC3)cc2F)=C1. The molecule has 2 aliphatic rings. The van der Waals surface area contributed by atoms with Crippen LogP contribution in [-0.4, -0.2) is 47.1 Å². The Morgan fingerprint density at radius 1 is 1.09 bits per heavy atom. The molecular formula is C27H31F2NO4S. The van der Waals surface area contributed by atoms with Gasteiger partial charge in [0.2, 0.25) is 0 Å². The largest absolute Gasteiger partial charge is 0.493 e. The number of ether oxygens (including phenoxy) is 2. The number of sulfone groups is 1. The van der Waals surface area contributed by atoms with E-state index in [1.54, 1.807) is 32.2 Å². The second-order valence-electron chi connectivity index (χ2n) is 9.10. The molecule has 0 aromatic heterocycles. The molecule has 4 rings (SSSR count). The Morgan fingerprint density at radius 2 is 1.86 bits per heavy atom. The molecule has 0 saturated carbocycles. The van der Waals surface area contributed by atoms with Crippen LogP contribution in [0.25, 0.3) is 5.57 Å². The summed E-state index contributed by atoms with van der Waals surface area (Å²) in [5.74, 6) is -0.371. The van der Waals surface area contributed by atoms with E-state index in [1.807, 2.05) is 6.08 Å². The first kappa shape index (κ1) is 25.5. The van der Waals surface area contributed by atoms with Gasteiger partial charge < -0.3 is 14.8 Å². The maximum absolute atomic E-state index is 15.4. The Bertz CT molecular complexity index is 1230. The summed E-state index contributed by atoms with van der Waals surface area (Å²) in [5, 5.41) is 2.01. The third-order valence-electron chi connectivity index (χ3n) is 6.59. The van der Waals surface area contributed by atoms with Gasteiger partial charge in [-0.2, -0.15) is 0 Å². The normalized spacial score (nSPS) is 19.3. The van der Waals surface area contributed by atoms with E-state index in [0.29, 0.717) is 49.2 Å². The number of benzene rings is 2. The van der Waals surface area contributed by atoms with Gasteiger partial charge >= 0.3 is 0 Å². The smallest absolute Gasteiger partial charge is 0.185 e. The van der Waals surface area contributed by atoms with Crippen molar-refractivity contribution in [3.05, 3.63) is 76.9 Å². The van der Waals surface area contributed by atoms with E-state index < -0.39 is 26.7 Å². The molecule has 1 aliphatic carbocycles. The zero-order valence-electron chi connectivity index (χ0n) is 20.0. The number of likely N-dealkylation sites (N-methyl/N-ethyl adjacent to an activating group) is 1. The zero-order valence-corrected chi connectivity index (χ0v) is 20.8. The van der Waals surface area contributed by atoms with Crippen LogP contribution in [0, 0.1) is 24.5 Å². The van der Waals surface area contributed by atoms with Crippen LogP contribution in [0.2, 0.25) is 0 Å². The molecule has 8 heteroatoms. The third kappa shape index (κ3) is 5.82. The Hall–Kier alpha value is -2.55.